The first kappa shape index (κ1) is 10.4. The second-order valence-electron chi connectivity index (χ2n) is 4.55. The molecule has 15 heavy (non-hydrogen) atoms. The van der Waals surface area contributed by atoms with Gasteiger partial charge in [0.25, 0.3) is 0 Å². The Morgan fingerprint density at radius 1 is 1.40 bits per heavy atom. The van der Waals surface area contributed by atoms with Crippen LogP contribution < -0.4 is 4.90 Å². The van der Waals surface area contributed by atoms with Gasteiger partial charge in [0.15, 0.2) is 5.82 Å². The molecule has 1 aliphatic rings. The van der Waals surface area contributed by atoms with Crippen molar-refractivity contribution in [2.24, 2.45) is 5.41 Å². The molecule has 0 aliphatic heterocycles. The largest absolute Gasteiger partial charge is 0.396 e. The summed E-state index contributed by atoms with van der Waals surface area (Å²) >= 11 is 0. The fourth-order valence-electron chi connectivity index (χ4n) is 1.72. The summed E-state index contributed by atoms with van der Waals surface area (Å²) in [7, 11) is 2.00. The SMILES string of the molecule is Cc1ccc(N(C)CC2(CO)CC2)nn1. The highest BCUT2D eigenvalue weighted by Gasteiger charge is 2.43. The van der Waals surface area contributed by atoms with Gasteiger partial charge in [-0.15, -0.1) is 5.10 Å². The topological polar surface area (TPSA) is 49.2 Å². The first-order valence-electron chi connectivity index (χ1n) is 5.28. The Kier molecular flexibility index (Phi) is 2.61. The summed E-state index contributed by atoms with van der Waals surface area (Å²) in [5, 5.41) is 17.4. The van der Waals surface area contributed by atoms with Crippen LogP contribution in [0.25, 0.3) is 0 Å². The summed E-state index contributed by atoms with van der Waals surface area (Å²) in [5.74, 6) is 0.875. The minimum absolute atomic E-state index is 0.126. The molecule has 1 aliphatic carbocycles. The van der Waals surface area contributed by atoms with Crippen molar-refractivity contribution in [3.63, 3.8) is 0 Å². The van der Waals surface area contributed by atoms with Gasteiger partial charge in [-0.2, -0.15) is 5.10 Å². The summed E-state index contributed by atoms with van der Waals surface area (Å²) in [4.78, 5) is 2.07. The summed E-state index contributed by atoms with van der Waals surface area (Å²) in [6.45, 7) is 3.06. The monoisotopic (exact) mass is 207 g/mol. The third-order valence-electron chi connectivity index (χ3n) is 3.04. The zero-order chi connectivity index (χ0) is 10.9. The van der Waals surface area contributed by atoms with Gasteiger partial charge >= 0.3 is 0 Å². The van der Waals surface area contributed by atoms with Crippen LogP contribution in [0.3, 0.4) is 0 Å². The van der Waals surface area contributed by atoms with E-state index in [1.807, 2.05) is 26.1 Å². The second kappa shape index (κ2) is 3.77. The minimum atomic E-state index is 0.126. The highest BCUT2D eigenvalue weighted by Crippen LogP contribution is 2.45. The number of aliphatic hydroxyl groups excluding tert-OH is 1. The zero-order valence-electron chi connectivity index (χ0n) is 9.27. The maximum atomic E-state index is 9.23. The fourth-order valence-corrected chi connectivity index (χ4v) is 1.72. The fraction of sp³-hybridized carbons (Fsp3) is 0.636. The van der Waals surface area contributed by atoms with Crippen LogP contribution in [0.2, 0.25) is 0 Å². The molecule has 0 amide bonds. The smallest absolute Gasteiger partial charge is 0.151 e. The Balaban J connectivity index is 2.01. The lowest BCUT2D eigenvalue weighted by molar-refractivity contribution is 0.215. The van der Waals surface area contributed by atoms with Gasteiger partial charge in [-0.05, 0) is 31.9 Å². The van der Waals surface area contributed by atoms with Gasteiger partial charge in [0.1, 0.15) is 0 Å². The van der Waals surface area contributed by atoms with E-state index in [0.717, 1.165) is 30.9 Å². The molecule has 0 radical (unpaired) electrons. The molecule has 0 aromatic carbocycles. The Morgan fingerprint density at radius 2 is 2.13 bits per heavy atom. The van der Waals surface area contributed by atoms with E-state index in [2.05, 4.69) is 15.1 Å². The quantitative estimate of drug-likeness (QED) is 0.800. The third kappa shape index (κ3) is 2.26. The summed E-state index contributed by atoms with van der Waals surface area (Å²) in [6, 6.07) is 3.92. The van der Waals surface area contributed by atoms with E-state index in [4.69, 9.17) is 0 Å². The zero-order valence-corrected chi connectivity index (χ0v) is 9.27. The predicted octanol–water partition coefficient (Wildman–Crippen LogP) is 0.994. The first-order valence-corrected chi connectivity index (χ1v) is 5.28. The van der Waals surface area contributed by atoms with Crippen LogP contribution in [0.5, 0.6) is 0 Å². The summed E-state index contributed by atoms with van der Waals surface area (Å²) in [5.41, 5.74) is 1.05. The Bertz CT molecular complexity index is 332. The molecule has 1 heterocycles. The van der Waals surface area contributed by atoms with Gasteiger partial charge in [0, 0.05) is 19.0 Å². The Hall–Kier alpha value is -1.16. The lowest BCUT2D eigenvalue weighted by Gasteiger charge is -2.22. The van der Waals surface area contributed by atoms with E-state index in [9.17, 15) is 5.11 Å². The van der Waals surface area contributed by atoms with E-state index >= 15 is 0 Å². The first-order chi connectivity index (χ1) is 7.15. The molecule has 0 saturated heterocycles. The number of aryl methyl sites for hydroxylation is 1. The van der Waals surface area contributed by atoms with Crippen LogP contribution in [-0.4, -0.2) is 35.5 Å². The van der Waals surface area contributed by atoms with E-state index in [-0.39, 0.29) is 12.0 Å². The van der Waals surface area contributed by atoms with Crippen molar-refractivity contribution in [1.29, 1.82) is 0 Å². The molecule has 0 spiro atoms. The van der Waals surface area contributed by atoms with Crippen molar-refractivity contribution in [2.45, 2.75) is 19.8 Å². The van der Waals surface area contributed by atoms with E-state index in [1.165, 1.54) is 0 Å². The molecule has 0 unspecified atom stereocenters. The molecule has 1 saturated carbocycles. The number of rotatable bonds is 4. The molecular formula is C11H17N3O. The van der Waals surface area contributed by atoms with Crippen LogP contribution in [0, 0.1) is 12.3 Å². The predicted molar refractivity (Wildman–Crippen MR) is 58.8 cm³/mol. The molecule has 1 aromatic rings. The molecule has 4 heteroatoms. The van der Waals surface area contributed by atoms with Crippen LogP contribution >= 0.6 is 0 Å². The normalized spacial score (nSPS) is 17.5. The van der Waals surface area contributed by atoms with Gasteiger partial charge < -0.3 is 10.0 Å². The second-order valence-corrected chi connectivity index (χ2v) is 4.55. The standard InChI is InChI=1S/C11H17N3O/c1-9-3-4-10(13-12-9)14(2)7-11(8-15)5-6-11/h3-4,15H,5-8H2,1-2H3. The lowest BCUT2D eigenvalue weighted by Crippen LogP contribution is -2.29. The summed E-state index contributed by atoms with van der Waals surface area (Å²) in [6.07, 6.45) is 2.24. The molecule has 1 fully saturated rings. The number of hydrogen-bond acceptors (Lipinski definition) is 4. The number of hydrogen-bond donors (Lipinski definition) is 1. The maximum Gasteiger partial charge on any atom is 0.151 e. The number of nitrogens with zero attached hydrogens (tertiary/aromatic N) is 3. The molecule has 82 valence electrons. The Morgan fingerprint density at radius 3 is 2.60 bits per heavy atom. The van der Waals surface area contributed by atoms with Crippen LogP contribution in [0.15, 0.2) is 12.1 Å². The van der Waals surface area contributed by atoms with Crippen molar-refractivity contribution in [3.8, 4) is 0 Å². The summed E-state index contributed by atoms with van der Waals surface area (Å²) < 4.78 is 0. The molecular weight excluding hydrogens is 190 g/mol. The molecule has 4 nitrogen and oxygen atoms in total. The molecule has 0 atom stereocenters. The third-order valence-corrected chi connectivity index (χ3v) is 3.04. The molecule has 1 N–H and O–H groups in total. The van der Waals surface area contributed by atoms with E-state index in [0.29, 0.717) is 0 Å². The number of aliphatic hydroxyl groups is 1. The van der Waals surface area contributed by atoms with Crippen molar-refractivity contribution in [2.75, 3.05) is 25.1 Å². The van der Waals surface area contributed by atoms with Crippen LogP contribution in [-0.2, 0) is 0 Å². The van der Waals surface area contributed by atoms with Gasteiger partial charge in [0.05, 0.1) is 12.3 Å². The van der Waals surface area contributed by atoms with Crippen LogP contribution in [0.1, 0.15) is 18.5 Å². The number of anilines is 1. The van der Waals surface area contributed by atoms with Crippen molar-refractivity contribution in [3.05, 3.63) is 17.8 Å². The average molecular weight is 207 g/mol. The lowest BCUT2D eigenvalue weighted by atomic mass is 10.1. The van der Waals surface area contributed by atoms with E-state index < -0.39 is 0 Å². The van der Waals surface area contributed by atoms with Gasteiger partial charge in [-0.25, -0.2) is 0 Å². The average Bonchev–Trinajstić information content (AvgIpc) is 2.99. The molecule has 0 bridgehead atoms. The van der Waals surface area contributed by atoms with Crippen LogP contribution in [0.4, 0.5) is 5.82 Å². The maximum absolute atomic E-state index is 9.23. The number of aromatic nitrogens is 2. The molecule has 1 aromatic heterocycles. The van der Waals surface area contributed by atoms with Crippen molar-refractivity contribution >= 4 is 5.82 Å². The van der Waals surface area contributed by atoms with Gasteiger partial charge in [-0.1, -0.05) is 0 Å². The van der Waals surface area contributed by atoms with Gasteiger partial charge in [-0.3, -0.25) is 0 Å². The molecule has 2 rings (SSSR count). The highest BCUT2D eigenvalue weighted by molar-refractivity contribution is 5.36. The minimum Gasteiger partial charge on any atom is -0.396 e. The van der Waals surface area contributed by atoms with Crippen molar-refractivity contribution in [1.82, 2.24) is 10.2 Å². The Labute approximate surface area is 89.9 Å². The van der Waals surface area contributed by atoms with E-state index in [1.54, 1.807) is 0 Å². The van der Waals surface area contributed by atoms with Gasteiger partial charge in [0.2, 0.25) is 0 Å². The van der Waals surface area contributed by atoms with Crippen molar-refractivity contribution < 1.29 is 5.11 Å². The highest BCUT2D eigenvalue weighted by atomic mass is 16.3.